The molecule has 0 atom stereocenters. The highest BCUT2D eigenvalue weighted by Gasteiger charge is 2.24. The Morgan fingerprint density at radius 2 is 1.97 bits per heavy atom. The quantitative estimate of drug-likeness (QED) is 0.331. The van der Waals surface area contributed by atoms with Crippen molar-refractivity contribution in [1.82, 2.24) is 5.32 Å². The second-order valence-electron chi connectivity index (χ2n) is 6.72. The highest BCUT2D eigenvalue weighted by molar-refractivity contribution is 8.18. The molecule has 0 saturated carbocycles. The van der Waals surface area contributed by atoms with Gasteiger partial charge in [-0.1, -0.05) is 12.1 Å². The molecule has 2 N–H and O–H groups in total. The van der Waals surface area contributed by atoms with Crippen LogP contribution in [0.1, 0.15) is 12.7 Å². The average molecular weight is 448 g/mol. The molecule has 0 radical (unpaired) electrons. The molecule has 0 bridgehead atoms. The first-order chi connectivity index (χ1) is 15.4. The normalized spacial score (nSPS) is 15.7. The van der Waals surface area contributed by atoms with Crippen LogP contribution < -0.4 is 10.6 Å². The Hall–Kier alpha value is -4.18. The van der Waals surface area contributed by atoms with E-state index in [0.29, 0.717) is 38.5 Å². The van der Waals surface area contributed by atoms with Crippen LogP contribution in [-0.2, 0) is 9.59 Å². The number of benzene rings is 2. The molecule has 32 heavy (non-hydrogen) atoms. The number of amidine groups is 1. The molecule has 160 valence electrons. The van der Waals surface area contributed by atoms with Crippen molar-refractivity contribution in [3.8, 4) is 11.3 Å². The van der Waals surface area contributed by atoms with Gasteiger partial charge in [0, 0.05) is 36.4 Å². The van der Waals surface area contributed by atoms with Gasteiger partial charge >= 0.3 is 0 Å². The summed E-state index contributed by atoms with van der Waals surface area (Å²) < 4.78 is 5.75. The maximum absolute atomic E-state index is 12.3. The predicted octanol–water partition coefficient (Wildman–Crippen LogP) is 4.70. The molecule has 1 aromatic heterocycles. The van der Waals surface area contributed by atoms with E-state index < -0.39 is 4.92 Å². The van der Waals surface area contributed by atoms with Gasteiger partial charge in [0.25, 0.3) is 11.6 Å². The lowest BCUT2D eigenvalue weighted by Crippen LogP contribution is -2.19. The van der Waals surface area contributed by atoms with Crippen LogP contribution in [0.5, 0.6) is 0 Å². The first kappa shape index (κ1) is 21.1. The van der Waals surface area contributed by atoms with Gasteiger partial charge < -0.3 is 15.1 Å². The molecule has 1 aliphatic rings. The number of amides is 2. The van der Waals surface area contributed by atoms with Crippen LogP contribution in [0.15, 0.2) is 75.0 Å². The number of nitrogens with one attached hydrogen (secondary N) is 2. The van der Waals surface area contributed by atoms with Crippen molar-refractivity contribution in [3.63, 3.8) is 0 Å². The molecule has 0 spiro atoms. The van der Waals surface area contributed by atoms with E-state index >= 15 is 0 Å². The fraction of sp³-hybridized carbons (Fsp3) is 0.0455. The minimum atomic E-state index is -0.469. The Bertz CT molecular complexity index is 1280. The van der Waals surface area contributed by atoms with Crippen molar-refractivity contribution >= 4 is 51.9 Å². The number of carbonyl (C=O) groups excluding carboxylic acids is 2. The highest BCUT2D eigenvalue weighted by Crippen LogP contribution is 2.31. The molecule has 2 aromatic carbocycles. The zero-order valence-electron chi connectivity index (χ0n) is 16.7. The number of nitrogens with zero attached hydrogens (tertiary/aromatic N) is 2. The lowest BCUT2D eigenvalue weighted by atomic mass is 10.1. The van der Waals surface area contributed by atoms with Crippen LogP contribution in [0.3, 0.4) is 0 Å². The Morgan fingerprint density at radius 3 is 2.69 bits per heavy atom. The number of thioether (sulfide) groups is 1. The van der Waals surface area contributed by atoms with E-state index in [9.17, 15) is 19.7 Å². The van der Waals surface area contributed by atoms with Crippen LogP contribution in [0.2, 0.25) is 0 Å². The van der Waals surface area contributed by atoms with Gasteiger partial charge in [0.2, 0.25) is 5.91 Å². The molecule has 1 fully saturated rings. The smallest absolute Gasteiger partial charge is 0.270 e. The number of hydrogen-bond donors (Lipinski definition) is 2. The summed E-state index contributed by atoms with van der Waals surface area (Å²) in [6.45, 7) is 1.43. The predicted molar refractivity (Wildman–Crippen MR) is 122 cm³/mol. The summed E-state index contributed by atoms with van der Waals surface area (Å²) >= 11 is 1.17. The molecule has 1 saturated heterocycles. The Morgan fingerprint density at radius 1 is 1.19 bits per heavy atom. The van der Waals surface area contributed by atoms with E-state index in [0.717, 1.165) is 0 Å². The molecule has 2 amide bonds. The van der Waals surface area contributed by atoms with Crippen LogP contribution in [0.25, 0.3) is 17.4 Å². The zero-order chi connectivity index (χ0) is 22.7. The maximum atomic E-state index is 12.3. The molecular formula is C22H16N4O5S. The van der Waals surface area contributed by atoms with Crippen molar-refractivity contribution in [1.29, 1.82) is 0 Å². The lowest BCUT2D eigenvalue weighted by Gasteiger charge is -2.02. The summed E-state index contributed by atoms with van der Waals surface area (Å²) in [5.74, 6) is 0.420. The Kier molecular flexibility index (Phi) is 5.86. The number of furan rings is 1. The minimum Gasteiger partial charge on any atom is -0.457 e. The standard InChI is InChI=1S/C22H16N4O5S/c1-13(27)23-15-5-7-16(8-6-15)24-22-25-21(28)20(32-22)12-18-9-10-19(31-18)14-3-2-4-17(11-14)26(29)30/h2-12H,1H3,(H,23,27)(H,24,25,28)/b20-12+. The number of rotatable bonds is 5. The summed E-state index contributed by atoms with van der Waals surface area (Å²) in [6.07, 6.45) is 1.59. The van der Waals surface area contributed by atoms with Crippen LogP contribution in [-0.4, -0.2) is 21.9 Å². The molecule has 0 aliphatic carbocycles. The summed E-state index contributed by atoms with van der Waals surface area (Å²) in [5, 5.41) is 16.8. The topological polar surface area (TPSA) is 127 Å². The zero-order valence-corrected chi connectivity index (χ0v) is 17.5. The van der Waals surface area contributed by atoms with E-state index in [1.165, 1.54) is 30.8 Å². The van der Waals surface area contributed by atoms with Gasteiger partial charge in [-0.2, -0.15) is 0 Å². The third kappa shape index (κ3) is 4.93. The summed E-state index contributed by atoms with van der Waals surface area (Å²) in [6, 6.07) is 16.4. The van der Waals surface area contributed by atoms with Gasteiger partial charge in [0.1, 0.15) is 11.5 Å². The van der Waals surface area contributed by atoms with Crippen molar-refractivity contribution in [2.24, 2.45) is 4.99 Å². The van der Waals surface area contributed by atoms with E-state index in [2.05, 4.69) is 15.6 Å². The molecule has 9 nitrogen and oxygen atoms in total. The van der Waals surface area contributed by atoms with Crippen LogP contribution >= 0.6 is 11.8 Å². The summed E-state index contributed by atoms with van der Waals surface area (Å²) in [4.78, 5) is 38.7. The minimum absolute atomic E-state index is 0.0320. The fourth-order valence-electron chi connectivity index (χ4n) is 2.91. The number of anilines is 1. The average Bonchev–Trinajstić information content (AvgIpc) is 3.36. The Labute approximate surface area is 186 Å². The fourth-order valence-corrected chi connectivity index (χ4v) is 3.73. The van der Waals surface area contributed by atoms with Crippen molar-refractivity contribution in [2.45, 2.75) is 6.92 Å². The number of aliphatic imine (C=N–C) groups is 1. The first-order valence-corrected chi connectivity index (χ1v) is 10.2. The van der Waals surface area contributed by atoms with E-state index in [1.807, 2.05) is 0 Å². The molecule has 2 heterocycles. The molecule has 0 unspecified atom stereocenters. The van der Waals surface area contributed by atoms with Crippen molar-refractivity contribution in [2.75, 3.05) is 5.32 Å². The lowest BCUT2D eigenvalue weighted by molar-refractivity contribution is -0.384. The molecule has 3 aromatic rings. The van der Waals surface area contributed by atoms with Gasteiger partial charge in [0.05, 0.1) is 15.5 Å². The first-order valence-electron chi connectivity index (χ1n) is 9.39. The van der Waals surface area contributed by atoms with E-state index in [-0.39, 0.29) is 17.5 Å². The van der Waals surface area contributed by atoms with Gasteiger partial charge in [-0.05, 0) is 48.2 Å². The number of non-ortho nitro benzene ring substituents is 1. The number of nitro benzene ring substituents is 1. The summed E-state index contributed by atoms with van der Waals surface area (Å²) in [7, 11) is 0. The van der Waals surface area contributed by atoms with Crippen LogP contribution in [0, 0.1) is 10.1 Å². The second kappa shape index (κ2) is 8.90. The largest absolute Gasteiger partial charge is 0.457 e. The third-order valence-electron chi connectivity index (χ3n) is 4.31. The number of hydrogen-bond acceptors (Lipinski definition) is 7. The molecule has 4 rings (SSSR count). The van der Waals surface area contributed by atoms with E-state index in [4.69, 9.17) is 4.42 Å². The molecular weight excluding hydrogens is 432 g/mol. The highest BCUT2D eigenvalue weighted by atomic mass is 32.2. The van der Waals surface area contributed by atoms with Gasteiger partial charge in [-0.3, -0.25) is 19.7 Å². The van der Waals surface area contributed by atoms with Crippen molar-refractivity contribution < 1.29 is 18.9 Å². The Balaban J connectivity index is 1.49. The van der Waals surface area contributed by atoms with Gasteiger partial charge in [-0.15, -0.1) is 0 Å². The SMILES string of the molecule is CC(=O)Nc1ccc(N=C2NC(=O)/C(=C\c3ccc(-c4cccc([N+](=O)[O-])c4)o3)S2)cc1. The van der Waals surface area contributed by atoms with Gasteiger partial charge in [0.15, 0.2) is 5.17 Å². The van der Waals surface area contributed by atoms with Crippen LogP contribution in [0.4, 0.5) is 17.1 Å². The molecule has 1 aliphatic heterocycles. The van der Waals surface area contributed by atoms with E-state index in [1.54, 1.807) is 54.6 Å². The molecule has 10 heteroatoms. The summed E-state index contributed by atoms with van der Waals surface area (Å²) in [5.41, 5.74) is 1.81. The maximum Gasteiger partial charge on any atom is 0.270 e. The third-order valence-corrected chi connectivity index (χ3v) is 5.22. The number of nitro groups is 1. The monoisotopic (exact) mass is 448 g/mol. The number of carbonyl (C=O) groups is 2. The van der Waals surface area contributed by atoms with Gasteiger partial charge in [-0.25, -0.2) is 4.99 Å². The second-order valence-corrected chi connectivity index (χ2v) is 7.75. The van der Waals surface area contributed by atoms with Crippen molar-refractivity contribution in [3.05, 3.63) is 81.4 Å².